The van der Waals surface area contributed by atoms with Crippen LogP contribution in [0.4, 0.5) is 0 Å². The minimum atomic E-state index is 0.193. The Labute approximate surface area is 120 Å². The van der Waals surface area contributed by atoms with Crippen molar-refractivity contribution in [3.63, 3.8) is 0 Å². The van der Waals surface area contributed by atoms with E-state index in [0.717, 1.165) is 23.3 Å². The molecule has 0 N–H and O–H groups in total. The second-order valence-electron chi connectivity index (χ2n) is 4.87. The zero-order chi connectivity index (χ0) is 14.4. The molecule has 0 spiro atoms. The average molecular weight is 268 g/mol. The van der Waals surface area contributed by atoms with Crippen LogP contribution in [0.2, 0.25) is 0 Å². The highest BCUT2D eigenvalue weighted by molar-refractivity contribution is 5.96. The third-order valence-corrected chi connectivity index (χ3v) is 3.25. The van der Waals surface area contributed by atoms with E-state index in [9.17, 15) is 4.79 Å². The van der Waals surface area contributed by atoms with Gasteiger partial charge in [0.15, 0.2) is 5.78 Å². The molecule has 0 heterocycles. The summed E-state index contributed by atoms with van der Waals surface area (Å²) in [6.45, 7) is 4.66. The number of Topliss-reactive ketones (excluding diaryl/α,β-unsaturated/α-hetero) is 1. The molecule has 0 aliphatic heterocycles. The maximum atomic E-state index is 12.1. The quantitative estimate of drug-likeness (QED) is 0.734. The standard InChI is InChI=1S/C18H20O2/c1-3-20-17-11-6-15(7-12-17)8-13-18(19)16-9-4-14(2)5-10-16/h4-7,9-12H,3,8,13H2,1-2H3. The van der Waals surface area contributed by atoms with Crippen LogP contribution in [0.1, 0.15) is 34.8 Å². The number of rotatable bonds is 6. The summed E-state index contributed by atoms with van der Waals surface area (Å²) in [5.41, 5.74) is 3.13. The Bertz CT molecular complexity index is 553. The lowest BCUT2D eigenvalue weighted by Gasteiger charge is -2.05. The molecular weight excluding hydrogens is 248 g/mol. The van der Waals surface area contributed by atoms with E-state index in [1.807, 2.05) is 62.4 Å². The molecule has 0 saturated heterocycles. The molecule has 2 aromatic carbocycles. The fourth-order valence-electron chi connectivity index (χ4n) is 2.06. The Hall–Kier alpha value is -2.09. The van der Waals surface area contributed by atoms with Crippen molar-refractivity contribution in [2.75, 3.05) is 6.61 Å². The van der Waals surface area contributed by atoms with Gasteiger partial charge >= 0.3 is 0 Å². The lowest BCUT2D eigenvalue weighted by Crippen LogP contribution is -2.01. The van der Waals surface area contributed by atoms with Crippen LogP contribution >= 0.6 is 0 Å². The van der Waals surface area contributed by atoms with Crippen molar-refractivity contribution in [3.8, 4) is 5.75 Å². The summed E-state index contributed by atoms with van der Waals surface area (Å²) in [4.78, 5) is 12.1. The molecule has 0 radical (unpaired) electrons. The van der Waals surface area contributed by atoms with Gasteiger partial charge in [0.25, 0.3) is 0 Å². The lowest BCUT2D eigenvalue weighted by atomic mass is 10.0. The fraction of sp³-hybridized carbons (Fsp3) is 0.278. The topological polar surface area (TPSA) is 26.3 Å². The third kappa shape index (κ3) is 3.95. The van der Waals surface area contributed by atoms with Gasteiger partial charge in [0, 0.05) is 12.0 Å². The monoisotopic (exact) mass is 268 g/mol. The lowest BCUT2D eigenvalue weighted by molar-refractivity contribution is 0.0983. The predicted octanol–water partition coefficient (Wildman–Crippen LogP) is 4.21. The highest BCUT2D eigenvalue weighted by Crippen LogP contribution is 2.14. The number of hydrogen-bond donors (Lipinski definition) is 0. The number of hydrogen-bond acceptors (Lipinski definition) is 2. The van der Waals surface area contributed by atoms with Gasteiger partial charge in [0.1, 0.15) is 5.75 Å². The van der Waals surface area contributed by atoms with Crippen LogP contribution in [-0.4, -0.2) is 12.4 Å². The van der Waals surface area contributed by atoms with Gasteiger partial charge in [-0.15, -0.1) is 0 Å². The molecule has 2 aromatic rings. The van der Waals surface area contributed by atoms with E-state index < -0.39 is 0 Å². The van der Waals surface area contributed by atoms with E-state index in [0.29, 0.717) is 13.0 Å². The summed E-state index contributed by atoms with van der Waals surface area (Å²) in [5.74, 6) is 1.07. The Morgan fingerprint density at radius 3 is 2.25 bits per heavy atom. The van der Waals surface area contributed by atoms with Crippen LogP contribution in [0.15, 0.2) is 48.5 Å². The second kappa shape index (κ2) is 6.90. The van der Waals surface area contributed by atoms with Gasteiger partial charge in [0.05, 0.1) is 6.61 Å². The van der Waals surface area contributed by atoms with Gasteiger partial charge in [0.2, 0.25) is 0 Å². The minimum Gasteiger partial charge on any atom is -0.494 e. The molecule has 104 valence electrons. The average Bonchev–Trinajstić information content (AvgIpc) is 2.47. The van der Waals surface area contributed by atoms with E-state index in [1.54, 1.807) is 0 Å². The van der Waals surface area contributed by atoms with Crippen LogP contribution < -0.4 is 4.74 Å². The molecule has 2 heteroatoms. The predicted molar refractivity (Wildman–Crippen MR) is 81.4 cm³/mol. The van der Waals surface area contributed by atoms with E-state index >= 15 is 0 Å². The van der Waals surface area contributed by atoms with Gasteiger partial charge in [-0.05, 0) is 38.0 Å². The van der Waals surface area contributed by atoms with Crippen LogP contribution in [0.5, 0.6) is 5.75 Å². The highest BCUT2D eigenvalue weighted by atomic mass is 16.5. The molecule has 2 rings (SSSR count). The maximum Gasteiger partial charge on any atom is 0.163 e. The Balaban J connectivity index is 1.91. The molecule has 0 atom stereocenters. The summed E-state index contributed by atoms with van der Waals surface area (Å²) in [5, 5.41) is 0. The molecule has 0 aliphatic rings. The first kappa shape index (κ1) is 14.3. The van der Waals surface area contributed by atoms with Gasteiger partial charge < -0.3 is 4.74 Å². The summed E-state index contributed by atoms with van der Waals surface area (Å²) in [6, 6.07) is 15.7. The number of ether oxygens (including phenoxy) is 1. The smallest absolute Gasteiger partial charge is 0.163 e. The molecule has 0 aromatic heterocycles. The number of benzene rings is 2. The normalized spacial score (nSPS) is 10.3. The van der Waals surface area contributed by atoms with Crippen molar-refractivity contribution in [3.05, 3.63) is 65.2 Å². The molecule has 0 saturated carbocycles. The van der Waals surface area contributed by atoms with E-state index in [4.69, 9.17) is 4.74 Å². The molecule has 0 fully saturated rings. The number of carbonyl (C=O) groups is 1. The van der Waals surface area contributed by atoms with Crippen molar-refractivity contribution in [2.45, 2.75) is 26.7 Å². The highest BCUT2D eigenvalue weighted by Gasteiger charge is 2.06. The van der Waals surface area contributed by atoms with E-state index in [1.165, 1.54) is 5.56 Å². The Morgan fingerprint density at radius 2 is 1.65 bits per heavy atom. The van der Waals surface area contributed by atoms with Crippen molar-refractivity contribution >= 4 is 5.78 Å². The van der Waals surface area contributed by atoms with Crippen LogP contribution in [0, 0.1) is 6.92 Å². The molecule has 20 heavy (non-hydrogen) atoms. The largest absolute Gasteiger partial charge is 0.494 e. The first-order valence-corrected chi connectivity index (χ1v) is 7.00. The molecular formula is C18H20O2. The summed E-state index contributed by atoms with van der Waals surface area (Å²) in [7, 11) is 0. The molecule has 0 aliphatic carbocycles. The van der Waals surface area contributed by atoms with Crippen molar-refractivity contribution in [1.82, 2.24) is 0 Å². The van der Waals surface area contributed by atoms with Crippen molar-refractivity contribution in [2.24, 2.45) is 0 Å². The van der Waals surface area contributed by atoms with Gasteiger partial charge in [-0.3, -0.25) is 4.79 Å². The molecule has 2 nitrogen and oxygen atoms in total. The number of aryl methyl sites for hydroxylation is 2. The Kier molecular flexibility index (Phi) is 4.94. The van der Waals surface area contributed by atoms with Crippen molar-refractivity contribution < 1.29 is 9.53 Å². The zero-order valence-electron chi connectivity index (χ0n) is 12.1. The Morgan fingerprint density at radius 1 is 1.00 bits per heavy atom. The van der Waals surface area contributed by atoms with Gasteiger partial charge in [-0.25, -0.2) is 0 Å². The fourth-order valence-corrected chi connectivity index (χ4v) is 2.06. The third-order valence-electron chi connectivity index (χ3n) is 3.25. The van der Waals surface area contributed by atoms with Crippen LogP contribution in [-0.2, 0) is 6.42 Å². The SMILES string of the molecule is CCOc1ccc(CCC(=O)c2ccc(C)cc2)cc1. The van der Waals surface area contributed by atoms with E-state index in [-0.39, 0.29) is 5.78 Å². The van der Waals surface area contributed by atoms with Gasteiger partial charge in [-0.2, -0.15) is 0 Å². The number of ketones is 1. The van der Waals surface area contributed by atoms with Crippen molar-refractivity contribution in [1.29, 1.82) is 0 Å². The molecule has 0 unspecified atom stereocenters. The first-order valence-electron chi connectivity index (χ1n) is 7.00. The van der Waals surface area contributed by atoms with Crippen LogP contribution in [0.25, 0.3) is 0 Å². The van der Waals surface area contributed by atoms with E-state index in [2.05, 4.69) is 0 Å². The maximum absolute atomic E-state index is 12.1. The number of carbonyl (C=O) groups excluding carboxylic acids is 1. The second-order valence-corrected chi connectivity index (χ2v) is 4.87. The summed E-state index contributed by atoms with van der Waals surface area (Å²) < 4.78 is 5.40. The zero-order valence-corrected chi connectivity index (χ0v) is 12.1. The first-order chi connectivity index (χ1) is 9.69. The molecule has 0 bridgehead atoms. The van der Waals surface area contributed by atoms with Gasteiger partial charge in [-0.1, -0.05) is 42.0 Å². The minimum absolute atomic E-state index is 0.193. The summed E-state index contributed by atoms with van der Waals surface area (Å²) >= 11 is 0. The van der Waals surface area contributed by atoms with Crippen LogP contribution in [0.3, 0.4) is 0 Å². The summed E-state index contributed by atoms with van der Waals surface area (Å²) in [6.07, 6.45) is 1.30. The molecule has 0 amide bonds.